The van der Waals surface area contributed by atoms with Gasteiger partial charge in [-0.2, -0.15) is 0 Å². The second kappa shape index (κ2) is 11.7. The molecule has 2 aromatic heterocycles. The maximum absolute atomic E-state index is 6.31. The molecule has 52 heavy (non-hydrogen) atoms. The van der Waals surface area contributed by atoms with E-state index in [1.165, 1.54) is 44.2 Å². The van der Waals surface area contributed by atoms with E-state index in [4.69, 9.17) is 19.4 Å². The lowest BCUT2D eigenvalue weighted by Crippen LogP contribution is -2.14. The van der Waals surface area contributed by atoms with Gasteiger partial charge in [-0.15, -0.1) is 0 Å². The number of nitrogens with zero attached hydrogens (tertiary/aromatic N) is 3. The highest BCUT2D eigenvalue weighted by atomic mass is 16.3. The van der Waals surface area contributed by atoms with Crippen LogP contribution < -0.4 is 0 Å². The van der Waals surface area contributed by atoms with Crippen molar-refractivity contribution in [2.75, 3.05) is 0 Å². The number of hydrogen-bond acceptors (Lipinski definition) is 4. The monoisotopic (exact) mass is 667 g/mol. The Morgan fingerprint density at radius 2 is 0.885 bits per heavy atom. The molecular formula is C48H33N3O. The molecule has 0 saturated heterocycles. The first-order chi connectivity index (χ1) is 25.5. The minimum atomic E-state index is -0.104. The largest absolute Gasteiger partial charge is 0.456 e. The molecule has 0 N–H and O–H groups in total. The van der Waals surface area contributed by atoms with Crippen molar-refractivity contribution in [2.45, 2.75) is 19.3 Å². The van der Waals surface area contributed by atoms with Crippen LogP contribution in [0.15, 0.2) is 168 Å². The standard InChI is InChI=1S/C48H33N3O/c1-48(2)41-25-24-35(27-38(41)39-29-44-40(28-42(39)48)37-18-9-10-19-43(37)52-44)31-22-20-30(21-23-31)34-16-11-17-36(26-34)47-50-45(32-12-5-3-6-13-32)49-46(51-47)33-14-7-4-8-15-33/h3-29H,1-2H3. The summed E-state index contributed by atoms with van der Waals surface area (Å²) in [7, 11) is 0. The lowest BCUT2D eigenvalue weighted by molar-refractivity contribution is 0.658. The highest BCUT2D eigenvalue weighted by Crippen LogP contribution is 2.51. The quantitative estimate of drug-likeness (QED) is 0.183. The highest BCUT2D eigenvalue weighted by molar-refractivity contribution is 6.07. The van der Waals surface area contributed by atoms with Crippen molar-refractivity contribution in [3.63, 3.8) is 0 Å². The van der Waals surface area contributed by atoms with Gasteiger partial charge >= 0.3 is 0 Å². The van der Waals surface area contributed by atoms with Crippen LogP contribution >= 0.6 is 0 Å². The molecule has 10 rings (SSSR count). The minimum Gasteiger partial charge on any atom is -0.456 e. The number of benzene rings is 7. The van der Waals surface area contributed by atoms with Gasteiger partial charge in [-0.05, 0) is 74.8 Å². The molecule has 7 aromatic carbocycles. The molecule has 0 atom stereocenters. The Balaban J connectivity index is 0.996. The molecule has 0 unspecified atom stereocenters. The van der Waals surface area contributed by atoms with Crippen LogP contribution in [0.1, 0.15) is 25.0 Å². The molecule has 0 aliphatic heterocycles. The Morgan fingerprint density at radius 3 is 1.56 bits per heavy atom. The molecule has 0 amide bonds. The summed E-state index contributed by atoms with van der Waals surface area (Å²) in [5.41, 5.74) is 14.4. The molecule has 0 bridgehead atoms. The van der Waals surface area contributed by atoms with Crippen molar-refractivity contribution in [3.05, 3.63) is 175 Å². The van der Waals surface area contributed by atoms with E-state index in [0.29, 0.717) is 17.5 Å². The summed E-state index contributed by atoms with van der Waals surface area (Å²) in [4.78, 5) is 14.7. The maximum Gasteiger partial charge on any atom is 0.164 e. The van der Waals surface area contributed by atoms with Crippen LogP contribution in [-0.2, 0) is 5.41 Å². The summed E-state index contributed by atoms with van der Waals surface area (Å²) in [5, 5.41) is 2.35. The van der Waals surface area contributed by atoms with Crippen LogP contribution in [0.4, 0.5) is 0 Å². The van der Waals surface area contributed by atoms with Gasteiger partial charge in [0, 0.05) is 32.9 Å². The second-order valence-corrected chi connectivity index (χ2v) is 14.1. The molecule has 4 nitrogen and oxygen atoms in total. The van der Waals surface area contributed by atoms with E-state index in [2.05, 4.69) is 105 Å². The van der Waals surface area contributed by atoms with Crippen molar-refractivity contribution < 1.29 is 4.42 Å². The van der Waals surface area contributed by atoms with Gasteiger partial charge in [0.1, 0.15) is 11.2 Å². The predicted molar refractivity (Wildman–Crippen MR) is 212 cm³/mol. The van der Waals surface area contributed by atoms with Crippen molar-refractivity contribution in [3.8, 4) is 67.5 Å². The molecule has 4 heteroatoms. The van der Waals surface area contributed by atoms with Gasteiger partial charge in [-0.1, -0.05) is 147 Å². The lowest BCUT2D eigenvalue weighted by Gasteiger charge is -2.21. The molecule has 0 spiro atoms. The zero-order chi connectivity index (χ0) is 34.8. The number of para-hydroxylation sites is 1. The second-order valence-electron chi connectivity index (χ2n) is 14.1. The number of fused-ring (bicyclic) bond motifs is 6. The Hall–Kier alpha value is -6.65. The summed E-state index contributed by atoms with van der Waals surface area (Å²) in [6.07, 6.45) is 0. The SMILES string of the molecule is CC1(C)c2ccc(-c3ccc(-c4cccc(-c5nc(-c6ccccc6)nc(-c6ccccc6)n5)c4)cc3)cc2-c2cc3oc4ccccc4c3cc21. The number of aromatic nitrogens is 3. The van der Waals surface area contributed by atoms with Crippen molar-refractivity contribution >= 4 is 21.9 Å². The van der Waals surface area contributed by atoms with Crippen molar-refractivity contribution in [2.24, 2.45) is 0 Å². The first kappa shape index (κ1) is 30.2. The summed E-state index contributed by atoms with van der Waals surface area (Å²) in [6.45, 7) is 4.66. The van der Waals surface area contributed by atoms with Gasteiger partial charge in [0.15, 0.2) is 17.5 Å². The van der Waals surface area contributed by atoms with Crippen LogP contribution in [0.25, 0.3) is 89.5 Å². The average molecular weight is 668 g/mol. The topological polar surface area (TPSA) is 51.8 Å². The fourth-order valence-corrected chi connectivity index (χ4v) is 7.78. The zero-order valence-corrected chi connectivity index (χ0v) is 28.8. The predicted octanol–water partition coefficient (Wildman–Crippen LogP) is 12.4. The smallest absolute Gasteiger partial charge is 0.164 e. The first-order valence-electron chi connectivity index (χ1n) is 17.7. The number of furan rings is 1. The van der Waals surface area contributed by atoms with Crippen LogP contribution in [0.2, 0.25) is 0 Å². The Labute approximate surface area is 302 Å². The van der Waals surface area contributed by atoms with E-state index < -0.39 is 0 Å². The van der Waals surface area contributed by atoms with Gasteiger partial charge < -0.3 is 4.42 Å². The summed E-state index contributed by atoms with van der Waals surface area (Å²) >= 11 is 0. The lowest BCUT2D eigenvalue weighted by atomic mass is 9.81. The normalized spacial score (nSPS) is 13.0. The maximum atomic E-state index is 6.31. The van der Waals surface area contributed by atoms with Crippen LogP contribution in [-0.4, -0.2) is 15.0 Å². The molecule has 2 heterocycles. The third-order valence-electron chi connectivity index (χ3n) is 10.5. The van der Waals surface area contributed by atoms with Crippen LogP contribution in [0, 0.1) is 0 Å². The average Bonchev–Trinajstić information content (AvgIpc) is 3.68. The van der Waals surface area contributed by atoms with Crippen LogP contribution in [0.5, 0.6) is 0 Å². The van der Waals surface area contributed by atoms with E-state index in [9.17, 15) is 0 Å². The van der Waals surface area contributed by atoms with E-state index >= 15 is 0 Å². The molecule has 1 aliphatic carbocycles. The van der Waals surface area contributed by atoms with E-state index in [1.54, 1.807) is 0 Å². The van der Waals surface area contributed by atoms with Gasteiger partial charge in [0.05, 0.1) is 0 Å². The summed E-state index contributed by atoms with van der Waals surface area (Å²) in [6, 6.07) is 57.3. The van der Waals surface area contributed by atoms with Gasteiger partial charge in [0.25, 0.3) is 0 Å². The fourth-order valence-electron chi connectivity index (χ4n) is 7.78. The molecular weight excluding hydrogens is 635 g/mol. The number of hydrogen-bond donors (Lipinski definition) is 0. The molecule has 246 valence electrons. The Morgan fingerprint density at radius 1 is 0.365 bits per heavy atom. The summed E-state index contributed by atoms with van der Waals surface area (Å²) < 4.78 is 6.31. The third kappa shape index (κ3) is 4.95. The van der Waals surface area contributed by atoms with E-state index in [-0.39, 0.29) is 5.41 Å². The molecule has 0 fully saturated rings. The first-order valence-corrected chi connectivity index (χ1v) is 17.7. The van der Waals surface area contributed by atoms with Crippen molar-refractivity contribution in [1.29, 1.82) is 0 Å². The van der Waals surface area contributed by atoms with E-state index in [1.807, 2.05) is 72.8 Å². The minimum absolute atomic E-state index is 0.104. The van der Waals surface area contributed by atoms with E-state index in [0.717, 1.165) is 39.0 Å². The van der Waals surface area contributed by atoms with Gasteiger partial charge in [-0.25, -0.2) is 15.0 Å². The van der Waals surface area contributed by atoms with Gasteiger partial charge in [-0.3, -0.25) is 0 Å². The van der Waals surface area contributed by atoms with Crippen molar-refractivity contribution in [1.82, 2.24) is 15.0 Å². The Bertz CT molecular complexity index is 2740. The molecule has 0 saturated carbocycles. The zero-order valence-electron chi connectivity index (χ0n) is 28.8. The molecule has 1 aliphatic rings. The van der Waals surface area contributed by atoms with Crippen LogP contribution in [0.3, 0.4) is 0 Å². The molecule has 0 radical (unpaired) electrons. The fraction of sp³-hybridized carbons (Fsp3) is 0.0625. The highest BCUT2D eigenvalue weighted by Gasteiger charge is 2.36. The van der Waals surface area contributed by atoms with Gasteiger partial charge in [0.2, 0.25) is 0 Å². The summed E-state index contributed by atoms with van der Waals surface area (Å²) in [5.74, 6) is 1.95. The number of rotatable bonds is 5. The molecule has 9 aromatic rings. The third-order valence-corrected chi connectivity index (χ3v) is 10.5. The Kier molecular flexibility index (Phi) is 6.80.